The van der Waals surface area contributed by atoms with E-state index in [-0.39, 0.29) is 0 Å². The molecule has 20 heavy (non-hydrogen) atoms. The van der Waals surface area contributed by atoms with Gasteiger partial charge < -0.3 is 10.1 Å². The van der Waals surface area contributed by atoms with Gasteiger partial charge in [0.15, 0.2) is 0 Å². The highest BCUT2D eigenvalue weighted by Gasteiger charge is 2.12. The summed E-state index contributed by atoms with van der Waals surface area (Å²) < 4.78 is 5.50. The summed E-state index contributed by atoms with van der Waals surface area (Å²) in [6, 6.07) is 6.48. The zero-order valence-corrected chi connectivity index (χ0v) is 13.8. The normalized spacial score (nSPS) is 12.7. The SMILES string of the molecule is CCCC(CNCC(C)C)Cc1cc(C)ccc1OC. The third kappa shape index (κ3) is 5.96. The predicted octanol–water partition coefficient (Wildman–Crippen LogP) is 4.21. The van der Waals surface area contributed by atoms with Crippen LogP contribution in [0.2, 0.25) is 0 Å². The number of ether oxygens (including phenoxy) is 1. The maximum Gasteiger partial charge on any atom is 0.122 e. The lowest BCUT2D eigenvalue weighted by atomic mass is 9.93. The lowest BCUT2D eigenvalue weighted by molar-refractivity contribution is 0.390. The Kier molecular flexibility index (Phi) is 7.68. The first-order chi connectivity index (χ1) is 9.56. The van der Waals surface area contributed by atoms with Crippen molar-refractivity contribution < 1.29 is 4.74 Å². The van der Waals surface area contributed by atoms with Crippen molar-refractivity contribution in [2.45, 2.75) is 47.0 Å². The second-order valence-corrected chi connectivity index (χ2v) is 6.23. The molecule has 114 valence electrons. The lowest BCUT2D eigenvalue weighted by Crippen LogP contribution is -2.27. The number of methoxy groups -OCH3 is 1. The van der Waals surface area contributed by atoms with Crippen molar-refractivity contribution in [2.24, 2.45) is 11.8 Å². The van der Waals surface area contributed by atoms with Crippen molar-refractivity contribution >= 4 is 0 Å². The second kappa shape index (κ2) is 9.02. The van der Waals surface area contributed by atoms with Gasteiger partial charge in [-0.05, 0) is 56.3 Å². The Bertz CT molecular complexity index is 387. The van der Waals surface area contributed by atoms with Crippen LogP contribution in [0.3, 0.4) is 0 Å². The molecule has 0 heterocycles. The Balaban J connectivity index is 2.66. The highest BCUT2D eigenvalue weighted by molar-refractivity contribution is 5.37. The monoisotopic (exact) mass is 277 g/mol. The Morgan fingerprint density at radius 1 is 1.20 bits per heavy atom. The highest BCUT2D eigenvalue weighted by atomic mass is 16.5. The van der Waals surface area contributed by atoms with Crippen LogP contribution in [0.1, 0.15) is 44.7 Å². The summed E-state index contributed by atoms with van der Waals surface area (Å²) in [6.07, 6.45) is 3.61. The van der Waals surface area contributed by atoms with Crippen LogP contribution in [-0.4, -0.2) is 20.2 Å². The zero-order chi connectivity index (χ0) is 15.0. The molecule has 0 aliphatic heterocycles. The average molecular weight is 277 g/mol. The van der Waals surface area contributed by atoms with E-state index in [1.807, 2.05) is 0 Å². The summed E-state index contributed by atoms with van der Waals surface area (Å²) >= 11 is 0. The van der Waals surface area contributed by atoms with E-state index in [4.69, 9.17) is 4.74 Å². The van der Waals surface area contributed by atoms with E-state index >= 15 is 0 Å². The molecule has 1 rings (SSSR count). The Morgan fingerprint density at radius 2 is 1.95 bits per heavy atom. The van der Waals surface area contributed by atoms with Crippen molar-refractivity contribution in [1.29, 1.82) is 0 Å². The Labute approximate surface area is 124 Å². The van der Waals surface area contributed by atoms with Gasteiger partial charge in [0, 0.05) is 0 Å². The topological polar surface area (TPSA) is 21.3 Å². The maximum absolute atomic E-state index is 5.50. The Hall–Kier alpha value is -1.02. The summed E-state index contributed by atoms with van der Waals surface area (Å²) in [4.78, 5) is 0. The van der Waals surface area contributed by atoms with Gasteiger partial charge in [-0.3, -0.25) is 0 Å². The molecule has 1 atom stereocenters. The molecule has 1 unspecified atom stereocenters. The molecule has 0 saturated heterocycles. The second-order valence-electron chi connectivity index (χ2n) is 6.23. The lowest BCUT2D eigenvalue weighted by Gasteiger charge is -2.19. The molecule has 0 bridgehead atoms. The summed E-state index contributed by atoms with van der Waals surface area (Å²) in [5.41, 5.74) is 2.66. The van der Waals surface area contributed by atoms with Crippen molar-refractivity contribution in [3.8, 4) is 5.75 Å². The van der Waals surface area contributed by atoms with Gasteiger partial charge in [-0.15, -0.1) is 0 Å². The fourth-order valence-electron chi connectivity index (χ4n) is 2.64. The molecule has 0 radical (unpaired) electrons. The molecule has 0 aliphatic rings. The fourth-order valence-corrected chi connectivity index (χ4v) is 2.64. The standard InChI is InChI=1S/C18H31NO/c1-6-7-16(13-19-12-14(2)3)11-17-10-15(4)8-9-18(17)20-5/h8-10,14,16,19H,6-7,11-13H2,1-5H3. The molecular formula is C18H31NO. The molecule has 0 aromatic heterocycles. The van der Waals surface area contributed by atoms with Crippen LogP contribution in [0.15, 0.2) is 18.2 Å². The third-order valence-corrected chi connectivity index (χ3v) is 3.63. The molecule has 0 fully saturated rings. The van der Waals surface area contributed by atoms with Crippen LogP contribution in [0.5, 0.6) is 5.75 Å². The molecule has 2 nitrogen and oxygen atoms in total. The first kappa shape index (κ1) is 17.0. The largest absolute Gasteiger partial charge is 0.496 e. The molecule has 1 N–H and O–H groups in total. The van der Waals surface area contributed by atoms with Gasteiger partial charge in [-0.2, -0.15) is 0 Å². The van der Waals surface area contributed by atoms with Gasteiger partial charge >= 0.3 is 0 Å². The van der Waals surface area contributed by atoms with Crippen molar-refractivity contribution in [3.63, 3.8) is 0 Å². The van der Waals surface area contributed by atoms with Crippen LogP contribution in [0.4, 0.5) is 0 Å². The number of hydrogen-bond donors (Lipinski definition) is 1. The van der Waals surface area contributed by atoms with Crippen LogP contribution < -0.4 is 10.1 Å². The van der Waals surface area contributed by atoms with E-state index < -0.39 is 0 Å². The van der Waals surface area contributed by atoms with Gasteiger partial charge in [-0.1, -0.05) is 44.9 Å². The molecule has 1 aromatic carbocycles. The quantitative estimate of drug-likeness (QED) is 0.730. The molecule has 0 saturated carbocycles. The van der Waals surface area contributed by atoms with Crippen molar-refractivity contribution in [2.75, 3.05) is 20.2 Å². The molecule has 0 amide bonds. The molecule has 0 aliphatic carbocycles. The maximum atomic E-state index is 5.50. The predicted molar refractivity (Wildman–Crippen MR) is 87.5 cm³/mol. The Morgan fingerprint density at radius 3 is 2.55 bits per heavy atom. The summed E-state index contributed by atoms with van der Waals surface area (Å²) in [6.45, 7) is 11.1. The average Bonchev–Trinajstić information content (AvgIpc) is 2.38. The first-order valence-electron chi connectivity index (χ1n) is 7.91. The summed E-state index contributed by atoms with van der Waals surface area (Å²) in [7, 11) is 1.76. The van der Waals surface area contributed by atoms with Gasteiger partial charge in [0.1, 0.15) is 5.75 Å². The van der Waals surface area contributed by atoms with E-state index in [9.17, 15) is 0 Å². The highest BCUT2D eigenvalue weighted by Crippen LogP contribution is 2.24. The van der Waals surface area contributed by atoms with Crippen LogP contribution in [-0.2, 0) is 6.42 Å². The summed E-state index contributed by atoms with van der Waals surface area (Å²) in [5.74, 6) is 2.43. The smallest absolute Gasteiger partial charge is 0.122 e. The van der Waals surface area contributed by atoms with Crippen molar-refractivity contribution in [3.05, 3.63) is 29.3 Å². The van der Waals surface area contributed by atoms with E-state index in [2.05, 4.69) is 51.2 Å². The fraction of sp³-hybridized carbons (Fsp3) is 0.667. The molecule has 0 spiro atoms. The van der Waals surface area contributed by atoms with Crippen LogP contribution in [0, 0.1) is 18.8 Å². The molecular weight excluding hydrogens is 246 g/mol. The number of rotatable bonds is 9. The number of hydrogen-bond acceptors (Lipinski definition) is 2. The molecule has 2 heteroatoms. The minimum absolute atomic E-state index is 0.689. The number of benzene rings is 1. The minimum atomic E-state index is 0.689. The van der Waals surface area contributed by atoms with Gasteiger partial charge in [0.25, 0.3) is 0 Å². The summed E-state index contributed by atoms with van der Waals surface area (Å²) in [5, 5.41) is 3.60. The first-order valence-corrected chi connectivity index (χ1v) is 7.91. The van der Waals surface area contributed by atoms with Crippen LogP contribution in [0.25, 0.3) is 0 Å². The number of aryl methyl sites for hydroxylation is 1. The van der Waals surface area contributed by atoms with Gasteiger partial charge in [0.2, 0.25) is 0 Å². The minimum Gasteiger partial charge on any atom is -0.496 e. The zero-order valence-electron chi connectivity index (χ0n) is 13.8. The van der Waals surface area contributed by atoms with E-state index in [1.165, 1.54) is 24.0 Å². The third-order valence-electron chi connectivity index (χ3n) is 3.63. The van der Waals surface area contributed by atoms with E-state index in [1.54, 1.807) is 7.11 Å². The van der Waals surface area contributed by atoms with Gasteiger partial charge in [0.05, 0.1) is 7.11 Å². The van der Waals surface area contributed by atoms with Gasteiger partial charge in [-0.25, -0.2) is 0 Å². The van der Waals surface area contributed by atoms with E-state index in [0.717, 1.165) is 25.3 Å². The van der Waals surface area contributed by atoms with Crippen molar-refractivity contribution in [1.82, 2.24) is 5.32 Å². The van der Waals surface area contributed by atoms with E-state index in [0.29, 0.717) is 11.8 Å². The van der Waals surface area contributed by atoms with Crippen LogP contribution >= 0.6 is 0 Å². The number of nitrogens with one attached hydrogen (secondary N) is 1. The molecule has 1 aromatic rings.